The van der Waals surface area contributed by atoms with Crippen LogP contribution in [0.5, 0.6) is 0 Å². The number of anilines is 1. The molecule has 1 saturated heterocycles. The lowest BCUT2D eigenvalue weighted by Crippen LogP contribution is -2.37. The van der Waals surface area contributed by atoms with Gasteiger partial charge < -0.3 is 4.90 Å². The fraction of sp³-hybridized carbons (Fsp3) is 0.714. The average Bonchev–Trinajstić information content (AvgIpc) is 2.74. The van der Waals surface area contributed by atoms with Gasteiger partial charge in [-0.2, -0.15) is 5.26 Å². The van der Waals surface area contributed by atoms with Gasteiger partial charge in [0.05, 0.1) is 18.2 Å². The van der Waals surface area contributed by atoms with Crippen LogP contribution in [0.3, 0.4) is 0 Å². The van der Waals surface area contributed by atoms with Gasteiger partial charge in [-0.25, -0.2) is 4.98 Å². The zero-order chi connectivity index (χ0) is 13.0. The Morgan fingerprint density at radius 2 is 2.33 bits per heavy atom. The lowest BCUT2D eigenvalue weighted by Gasteiger charge is -2.33. The fourth-order valence-electron chi connectivity index (χ4n) is 2.52. The molecule has 1 fully saturated rings. The van der Waals surface area contributed by atoms with Gasteiger partial charge in [0.15, 0.2) is 5.13 Å². The van der Waals surface area contributed by atoms with Crippen molar-refractivity contribution in [3.8, 4) is 6.07 Å². The van der Waals surface area contributed by atoms with E-state index in [9.17, 15) is 0 Å². The van der Waals surface area contributed by atoms with Gasteiger partial charge >= 0.3 is 0 Å². The van der Waals surface area contributed by atoms with E-state index in [1.165, 1.54) is 24.1 Å². The molecule has 2 rings (SSSR count). The molecule has 0 spiro atoms. The Morgan fingerprint density at radius 3 is 3.00 bits per heavy atom. The van der Waals surface area contributed by atoms with Crippen molar-refractivity contribution in [3.63, 3.8) is 0 Å². The molecule has 1 aliphatic rings. The predicted octanol–water partition coefficient (Wildman–Crippen LogP) is 3.54. The molecule has 1 aromatic heterocycles. The van der Waals surface area contributed by atoms with Gasteiger partial charge in [-0.1, -0.05) is 13.3 Å². The third kappa shape index (κ3) is 2.84. The molecule has 4 heteroatoms. The molecule has 1 atom stereocenters. The summed E-state index contributed by atoms with van der Waals surface area (Å²) in [6.07, 6.45) is 6.45. The molecule has 0 saturated carbocycles. The van der Waals surface area contributed by atoms with Crippen molar-refractivity contribution >= 4 is 16.5 Å². The van der Waals surface area contributed by atoms with E-state index in [1.807, 2.05) is 0 Å². The Bertz CT molecular complexity index is 433. The van der Waals surface area contributed by atoms with Crippen molar-refractivity contribution in [2.45, 2.75) is 58.4 Å². The van der Waals surface area contributed by atoms with Gasteiger partial charge in [-0.15, -0.1) is 11.3 Å². The van der Waals surface area contributed by atoms with Crippen LogP contribution < -0.4 is 4.90 Å². The van der Waals surface area contributed by atoms with Crippen LogP contribution in [0.2, 0.25) is 0 Å². The highest BCUT2D eigenvalue weighted by molar-refractivity contribution is 7.15. The first-order valence-electron chi connectivity index (χ1n) is 6.88. The molecule has 0 amide bonds. The van der Waals surface area contributed by atoms with Crippen LogP contribution in [0.25, 0.3) is 0 Å². The molecule has 0 aromatic carbocycles. The van der Waals surface area contributed by atoms with E-state index in [0.717, 1.165) is 30.2 Å². The number of hydrogen-bond donors (Lipinski definition) is 0. The maximum Gasteiger partial charge on any atom is 0.186 e. The largest absolute Gasteiger partial charge is 0.345 e. The Hall–Kier alpha value is -1.08. The van der Waals surface area contributed by atoms with Crippen molar-refractivity contribution < 1.29 is 0 Å². The van der Waals surface area contributed by atoms with Gasteiger partial charge in [0.2, 0.25) is 0 Å². The van der Waals surface area contributed by atoms with Gasteiger partial charge in [0.25, 0.3) is 0 Å². The van der Waals surface area contributed by atoms with Gasteiger partial charge in [0.1, 0.15) is 0 Å². The highest BCUT2D eigenvalue weighted by Gasteiger charge is 2.22. The number of hydrogen-bond acceptors (Lipinski definition) is 4. The summed E-state index contributed by atoms with van der Waals surface area (Å²) in [7, 11) is 0. The monoisotopic (exact) mass is 263 g/mol. The second-order valence-electron chi connectivity index (χ2n) is 4.99. The lowest BCUT2D eigenvalue weighted by atomic mass is 10.0. The SMILES string of the molecule is CCCc1nc(N2CCCCC2C)sc1CC#N. The van der Waals surface area contributed by atoms with E-state index in [-0.39, 0.29) is 0 Å². The summed E-state index contributed by atoms with van der Waals surface area (Å²) in [5, 5.41) is 10.0. The maximum atomic E-state index is 8.90. The predicted molar refractivity (Wildman–Crippen MR) is 76.1 cm³/mol. The van der Waals surface area contributed by atoms with Crippen LogP contribution in [-0.4, -0.2) is 17.6 Å². The van der Waals surface area contributed by atoms with E-state index in [4.69, 9.17) is 10.2 Å². The number of aromatic nitrogens is 1. The Balaban J connectivity index is 2.22. The third-order valence-corrected chi connectivity index (χ3v) is 4.68. The summed E-state index contributed by atoms with van der Waals surface area (Å²) < 4.78 is 0. The first-order chi connectivity index (χ1) is 8.76. The molecule has 1 aliphatic heterocycles. The van der Waals surface area contributed by atoms with Crippen molar-refractivity contribution in [2.24, 2.45) is 0 Å². The minimum Gasteiger partial charge on any atom is -0.345 e. The number of aryl methyl sites for hydroxylation is 1. The normalized spacial score (nSPS) is 19.8. The van der Waals surface area contributed by atoms with E-state index in [0.29, 0.717) is 12.5 Å². The number of piperidine rings is 1. The molecular formula is C14H21N3S. The number of nitrogens with zero attached hydrogens (tertiary/aromatic N) is 3. The summed E-state index contributed by atoms with van der Waals surface area (Å²) in [6.45, 7) is 5.56. The molecule has 0 N–H and O–H groups in total. The standard InChI is InChI=1S/C14H21N3S/c1-3-6-12-13(8-9-15)18-14(16-12)17-10-5-4-7-11(17)2/h11H,3-8,10H2,1-2H3. The van der Waals surface area contributed by atoms with Crippen LogP contribution in [0.1, 0.15) is 50.1 Å². The molecule has 1 aromatic rings. The van der Waals surface area contributed by atoms with Crippen molar-refractivity contribution in [3.05, 3.63) is 10.6 Å². The van der Waals surface area contributed by atoms with Crippen LogP contribution in [0.15, 0.2) is 0 Å². The van der Waals surface area contributed by atoms with Crippen LogP contribution in [-0.2, 0) is 12.8 Å². The summed E-state index contributed by atoms with van der Waals surface area (Å²) in [5.41, 5.74) is 1.15. The molecule has 18 heavy (non-hydrogen) atoms. The van der Waals surface area contributed by atoms with Crippen molar-refractivity contribution in [2.75, 3.05) is 11.4 Å². The van der Waals surface area contributed by atoms with Gasteiger partial charge in [-0.05, 0) is 32.6 Å². The highest BCUT2D eigenvalue weighted by atomic mass is 32.1. The summed E-state index contributed by atoms with van der Waals surface area (Å²) in [4.78, 5) is 8.38. The molecular weight excluding hydrogens is 242 g/mol. The topological polar surface area (TPSA) is 39.9 Å². The smallest absolute Gasteiger partial charge is 0.186 e. The summed E-state index contributed by atoms with van der Waals surface area (Å²) in [5.74, 6) is 0. The van der Waals surface area contributed by atoms with E-state index in [1.54, 1.807) is 11.3 Å². The second kappa shape index (κ2) is 6.19. The van der Waals surface area contributed by atoms with E-state index >= 15 is 0 Å². The van der Waals surface area contributed by atoms with Crippen LogP contribution >= 0.6 is 11.3 Å². The molecule has 0 radical (unpaired) electrons. The number of rotatable bonds is 4. The summed E-state index contributed by atoms with van der Waals surface area (Å²) >= 11 is 1.73. The zero-order valence-electron chi connectivity index (χ0n) is 11.3. The third-order valence-electron chi connectivity index (χ3n) is 3.54. The second-order valence-corrected chi connectivity index (χ2v) is 6.05. The first-order valence-corrected chi connectivity index (χ1v) is 7.70. The minimum atomic E-state index is 0.509. The number of nitriles is 1. The number of thiazole rings is 1. The fourth-order valence-corrected chi connectivity index (χ4v) is 3.68. The molecule has 0 aliphatic carbocycles. The first kappa shape index (κ1) is 13.4. The Labute approximate surface area is 113 Å². The quantitative estimate of drug-likeness (QED) is 0.834. The van der Waals surface area contributed by atoms with E-state index < -0.39 is 0 Å². The van der Waals surface area contributed by atoms with Crippen LogP contribution in [0, 0.1) is 11.3 Å². The zero-order valence-corrected chi connectivity index (χ0v) is 12.1. The minimum absolute atomic E-state index is 0.509. The molecule has 2 heterocycles. The Morgan fingerprint density at radius 1 is 1.50 bits per heavy atom. The highest BCUT2D eigenvalue weighted by Crippen LogP contribution is 2.31. The van der Waals surface area contributed by atoms with Gasteiger partial charge in [-0.3, -0.25) is 0 Å². The van der Waals surface area contributed by atoms with Crippen molar-refractivity contribution in [1.82, 2.24) is 4.98 Å². The molecule has 98 valence electrons. The lowest BCUT2D eigenvalue weighted by molar-refractivity contribution is 0.484. The van der Waals surface area contributed by atoms with Gasteiger partial charge in [0, 0.05) is 17.5 Å². The molecule has 3 nitrogen and oxygen atoms in total. The molecule has 1 unspecified atom stereocenters. The average molecular weight is 263 g/mol. The summed E-state index contributed by atoms with van der Waals surface area (Å²) in [6, 6.07) is 2.85. The van der Waals surface area contributed by atoms with Crippen LogP contribution in [0.4, 0.5) is 5.13 Å². The van der Waals surface area contributed by atoms with Crippen molar-refractivity contribution in [1.29, 1.82) is 5.26 Å². The maximum absolute atomic E-state index is 8.90. The van der Waals surface area contributed by atoms with E-state index in [2.05, 4.69) is 24.8 Å². The Kier molecular flexibility index (Phi) is 4.60. The molecule has 0 bridgehead atoms.